The summed E-state index contributed by atoms with van der Waals surface area (Å²) in [6.07, 6.45) is 1.38. The summed E-state index contributed by atoms with van der Waals surface area (Å²) in [5.41, 5.74) is 2.66. The van der Waals surface area contributed by atoms with Crippen LogP contribution < -0.4 is 5.32 Å². The third kappa shape index (κ3) is 6.04. The van der Waals surface area contributed by atoms with Gasteiger partial charge in [0.1, 0.15) is 12.0 Å². The highest BCUT2D eigenvalue weighted by Crippen LogP contribution is 2.13. The predicted molar refractivity (Wildman–Crippen MR) is 114 cm³/mol. The van der Waals surface area contributed by atoms with Gasteiger partial charge in [0.05, 0.1) is 18.8 Å². The lowest BCUT2D eigenvalue weighted by Gasteiger charge is -2.35. The molecule has 0 bridgehead atoms. The van der Waals surface area contributed by atoms with E-state index in [2.05, 4.69) is 27.5 Å². The predicted octanol–water partition coefficient (Wildman–Crippen LogP) is 1.43. The summed E-state index contributed by atoms with van der Waals surface area (Å²) in [7, 11) is -1.74. The van der Waals surface area contributed by atoms with Crippen molar-refractivity contribution in [3.8, 4) is 0 Å². The Labute approximate surface area is 177 Å². The van der Waals surface area contributed by atoms with Gasteiger partial charge in [-0.1, -0.05) is 29.4 Å². The number of methoxy groups -OCH3 is 1. The van der Waals surface area contributed by atoms with Gasteiger partial charge in [0, 0.05) is 45.9 Å². The van der Waals surface area contributed by atoms with Crippen LogP contribution in [0.2, 0.25) is 0 Å². The number of aromatic nitrogens is 1. The smallest absolute Gasteiger partial charge is 0.220 e. The quantitative estimate of drug-likeness (QED) is 0.495. The van der Waals surface area contributed by atoms with Gasteiger partial charge in [0.15, 0.2) is 5.96 Å². The normalized spacial score (nSPS) is 16.1. The number of ether oxygens (including phenoxy) is 1. The number of nitrogens with zero attached hydrogens (tertiary/aromatic N) is 4. The fourth-order valence-electron chi connectivity index (χ4n) is 3.27. The Morgan fingerprint density at radius 3 is 2.47 bits per heavy atom. The summed E-state index contributed by atoms with van der Waals surface area (Å²) < 4.78 is 36.6. The molecule has 2 aromatic rings. The van der Waals surface area contributed by atoms with Crippen LogP contribution in [-0.2, 0) is 33.7 Å². The molecule has 30 heavy (non-hydrogen) atoms. The lowest BCUT2D eigenvalue weighted by Crippen LogP contribution is -2.53. The summed E-state index contributed by atoms with van der Waals surface area (Å²) in [6.45, 7) is 5.90. The number of piperazine rings is 1. The maximum Gasteiger partial charge on any atom is 0.220 e. The monoisotopic (exact) mass is 435 g/mol. The highest BCUT2D eigenvalue weighted by molar-refractivity contribution is 7.88. The maximum atomic E-state index is 12.6. The molecule has 1 fully saturated rings. The molecule has 1 aromatic carbocycles. The number of guanidine groups is 1. The third-order valence-electron chi connectivity index (χ3n) is 4.83. The van der Waals surface area contributed by atoms with Crippen LogP contribution in [0, 0.1) is 0 Å². The van der Waals surface area contributed by atoms with E-state index in [9.17, 15) is 8.42 Å². The Bertz CT molecular complexity index is 905. The molecule has 1 aromatic heterocycles. The zero-order chi connectivity index (χ0) is 21.4. The molecule has 1 aliphatic rings. The fourth-order valence-corrected chi connectivity index (χ4v) is 4.69. The zero-order valence-electron chi connectivity index (χ0n) is 17.5. The second-order valence-electron chi connectivity index (χ2n) is 7.05. The first-order valence-electron chi connectivity index (χ1n) is 9.99. The molecule has 1 aliphatic heterocycles. The standard InChI is InChI=1S/C20H29N5O4S/c1-3-21-20(22-14-17-4-6-18(7-5-17)15-28-2)24-9-11-25(12-10-24)30(26,27)16-19-8-13-29-23-19/h4-8,13H,3,9-12,14-16H2,1-2H3,(H,21,22). The van der Waals surface area contributed by atoms with Gasteiger partial charge >= 0.3 is 0 Å². The molecule has 0 saturated carbocycles. The number of rotatable bonds is 8. The molecular weight excluding hydrogens is 406 g/mol. The Morgan fingerprint density at radius 1 is 1.17 bits per heavy atom. The zero-order valence-corrected chi connectivity index (χ0v) is 18.3. The fraction of sp³-hybridized carbons (Fsp3) is 0.500. The lowest BCUT2D eigenvalue weighted by atomic mass is 10.1. The molecule has 1 N–H and O–H groups in total. The third-order valence-corrected chi connectivity index (χ3v) is 6.65. The topological polar surface area (TPSA) is 100 Å². The van der Waals surface area contributed by atoms with Gasteiger partial charge in [-0.2, -0.15) is 4.31 Å². The number of benzene rings is 1. The molecule has 0 amide bonds. The number of sulfonamides is 1. The summed E-state index contributed by atoms with van der Waals surface area (Å²) in [5.74, 6) is 0.656. The Morgan fingerprint density at radius 2 is 1.87 bits per heavy atom. The van der Waals surface area contributed by atoms with E-state index in [0.717, 1.165) is 23.6 Å². The average Bonchev–Trinajstić information content (AvgIpc) is 3.25. The van der Waals surface area contributed by atoms with Crippen LogP contribution >= 0.6 is 0 Å². The van der Waals surface area contributed by atoms with E-state index in [0.29, 0.717) is 45.0 Å². The first-order valence-corrected chi connectivity index (χ1v) is 11.6. The van der Waals surface area contributed by atoms with Gasteiger partial charge in [0.2, 0.25) is 10.0 Å². The van der Waals surface area contributed by atoms with E-state index in [1.54, 1.807) is 13.2 Å². The van der Waals surface area contributed by atoms with Gasteiger partial charge in [0.25, 0.3) is 0 Å². The van der Waals surface area contributed by atoms with E-state index in [1.165, 1.54) is 10.6 Å². The van der Waals surface area contributed by atoms with Crippen molar-refractivity contribution in [3.05, 3.63) is 53.4 Å². The first kappa shape index (κ1) is 22.3. The molecule has 10 heteroatoms. The highest BCUT2D eigenvalue weighted by Gasteiger charge is 2.28. The van der Waals surface area contributed by atoms with Crippen LogP contribution in [0.25, 0.3) is 0 Å². The number of hydrogen-bond acceptors (Lipinski definition) is 6. The van der Waals surface area contributed by atoms with Crippen molar-refractivity contribution in [1.29, 1.82) is 0 Å². The number of hydrogen-bond donors (Lipinski definition) is 1. The summed E-state index contributed by atoms with van der Waals surface area (Å²) >= 11 is 0. The van der Waals surface area contributed by atoms with Crippen LogP contribution in [0.15, 0.2) is 46.1 Å². The van der Waals surface area contributed by atoms with Crippen molar-refractivity contribution in [2.75, 3.05) is 39.8 Å². The van der Waals surface area contributed by atoms with Crippen LogP contribution in [0.5, 0.6) is 0 Å². The largest absolute Gasteiger partial charge is 0.380 e. The molecule has 0 unspecified atom stereocenters. The van der Waals surface area contributed by atoms with Gasteiger partial charge in [-0.05, 0) is 18.1 Å². The van der Waals surface area contributed by atoms with Crippen LogP contribution in [-0.4, -0.2) is 68.6 Å². The molecular formula is C20H29N5O4S. The average molecular weight is 436 g/mol. The van der Waals surface area contributed by atoms with Crippen molar-refractivity contribution in [2.24, 2.45) is 4.99 Å². The molecule has 0 spiro atoms. The Balaban J connectivity index is 1.58. The van der Waals surface area contributed by atoms with Crippen LogP contribution in [0.4, 0.5) is 0 Å². The van der Waals surface area contributed by atoms with Crippen molar-refractivity contribution < 1.29 is 17.7 Å². The lowest BCUT2D eigenvalue weighted by molar-refractivity contribution is 0.185. The minimum absolute atomic E-state index is 0.142. The first-order chi connectivity index (χ1) is 14.5. The van der Waals surface area contributed by atoms with E-state index >= 15 is 0 Å². The Hall–Kier alpha value is -2.43. The molecule has 0 radical (unpaired) electrons. The number of aliphatic imine (C=N–C) groups is 1. The SMILES string of the molecule is CCNC(=NCc1ccc(COC)cc1)N1CCN(S(=O)(=O)Cc2ccon2)CC1. The minimum atomic E-state index is -3.42. The second-order valence-corrected chi connectivity index (χ2v) is 9.02. The van der Waals surface area contributed by atoms with Crippen molar-refractivity contribution in [1.82, 2.24) is 19.7 Å². The van der Waals surface area contributed by atoms with Gasteiger partial charge < -0.3 is 19.5 Å². The van der Waals surface area contributed by atoms with Gasteiger partial charge in [-0.15, -0.1) is 0 Å². The summed E-state index contributed by atoms with van der Waals surface area (Å²) in [6, 6.07) is 9.76. The van der Waals surface area contributed by atoms with E-state index in [-0.39, 0.29) is 5.75 Å². The second kappa shape index (κ2) is 10.6. The molecule has 0 atom stereocenters. The Kier molecular flexibility index (Phi) is 7.83. The highest BCUT2D eigenvalue weighted by atomic mass is 32.2. The van der Waals surface area contributed by atoms with E-state index < -0.39 is 10.0 Å². The van der Waals surface area contributed by atoms with Gasteiger partial charge in [-0.3, -0.25) is 0 Å². The van der Waals surface area contributed by atoms with Crippen molar-refractivity contribution >= 4 is 16.0 Å². The van der Waals surface area contributed by atoms with Crippen molar-refractivity contribution in [3.63, 3.8) is 0 Å². The minimum Gasteiger partial charge on any atom is -0.380 e. The molecule has 1 saturated heterocycles. The van der Waals surface area contributed by atoms with E-state index in [1.807, 2.05) is 19.1 Å². The van der Waals surface area contributed by atoms with E-state index in [4.69, 9.17) is 14.3 Å². The molecule has 3 rings (SSSR count). The maximum absolute atomic E-state index is 12.6. The molecule has 9 nitrogen and oxygen atoms in total. The number of nitrogens with one attached hydrogen (secondary N) is 1. The molecule has 0 aliphatic carbocycles. The van der Waals surface area contributed by atoms with Gasteiger partial charge in [-0.25, -0.2) is 13.4 Å². The molecule has 2 heterocycles. The summed E-state index contributed by atoms with van der Waals surface area (Å²) in [5, 5.41) is 7.02. The van der Waals surface area contributed by atoms with Crippen LogP contribution in [0.3, 0.4) is 0 Å². The molecule has 164 valence electrons. The van der Waals surface area contributed by atoms with Crippen LogP contribution in [0.1, 0.15) is 23.7 Å². The summed E-state index contributed by atoms with van der Waals surface area (Å²) in [4.78, 5) is 6.84. The van der Waals surface area contributed by atoms with Crippen molar-refractivity contribution in [2.45, 2.75) is 25.8 Å².